The minimum Gasteiger partial charge on any atom is -0.457 e. The van der Waals surface area contributed by atoms with Crippen LogP contribution in [0.4, 0.5) is 23.7 Å². The minimum absolute atomic E-state index is 0.143. The lowest BCUT2D eigenvalue weighted by Gasteiger charge is -2.27. The summed E-state index contributed by atoms with van der Waals surface area (Å²) >= 11 is 0. The van der Waals surface area contributed by atoms with Gasteiger partial charge in [0.05, 0.1) is 5.56 Å². The molecule has 0 spiro atoms. The van der Waals surface area contributed by atoms with Crippen molar-refractivity contribution in [2.45, 2.75) is 52.4 Å². The van der Waals surface area contributed by atoms with Gasteiger partial charge in [0.25, 0.3) is 0 Å². The summed E-state index contributed by atoms with van der Waals surface area (Å²) in [5.41, 5.74) is -1.21. The van der Waals surface area contributed by atoms with E-state index in [0.29, 0.717) is 11.4 Å². The van der Waals surface area contributed by atoms with Crippen molar-refractivity contribution >= 4 is 23.6 Å². The zero-order valence-corrected chi connectivity index (χ0v) is 20.7. The van der Waals surface area contributed by atoms with Crippen LogP contribution in [0, 0.1) is 0 Å². The van der Waals surface area contributed by atoms with Gasteiger partial charge in [-0.3, -0.25) is 14.5 Å². The molecule has 0 bridgehead atoms. The van der Waals surface area contributed by atoms with Crippen LogP contribution in [0.25, 0.3) is 0 Å². The van der Waals surface area contributed by atoms with Gasteiger partial charge in [0.2, 0.25) is 11.8 Å². The lowest BCUT2D eigenvalue weighted by atomic mass is 10.2. The largest absolute Gasteiger partial charge is 0.457 e. The zero-order chi connectivity index (χ0) is 27.1. The van der Waals surface area contributed by atoms with Gasteiger partial charge in [-0.1, -0.05) is 0 Å². The third kappa shape index (κ3) is 9.85. The molecule has 2 rings (SSSR count). The van der Waals surface area contributed by atoms with Crippen LogP contribution in [0.3, 0.4) is 0 Å². The smallest absolute Gasteiger partial charge is 0.416 e. The predicted molar refractivity (Wildman–Crippen MR) is 128 cm³/mol. The molecular formula is C25H30F3N3O5. The molecule has 0 aliphatic carbocycles. The number of amides is 3. The Hall–Kier alpha value is -3.76. The number of rotatable bonds is 8. The maximum atomic E-state index is 12.7. The highest BCUT2D eigenvalue weighted by Crippen LogP contribution is 2.31. The first-order chi connectivity index (χ1) is 16.6. The second-order valence-corrected chi connectivity index (χ2v) is 9.26. The number of ether oxygens (including phenoxy) is 2. The maximum absolute atomic E-state index is 12.7. The number of halogens is 3. The molecule has 0 unspecified atom stereocenters. The lowest BCUT2D eigenvalue weighted by molar-refractivity contribution is -0.137. The van der Waals surface area contributed by atoms with Crippen LogP contribution in [0.5, 0.6) is 11.5 Å². The zero-order valence-electron chi connectivity index (χ0n) is 20.7. The third-order valence-electron chi connectivity index (χ3n) is 4.33. The molecule has 196 valence electrons. The summed E-state index contributed by atoms with van der Waals surface area (Å²) in [5, 5.41) is 5.28. The number of carbonyl (C=O) groups excluding carboxylic acids is 3. The number of hydrogen-bond donors (Lipinski definition) is 2. The van der Waals surface area contributed by atoms with Crippen LogP contribution < -0.4 is 15.4 Å². The van der Waals surface area contributed by atoms with E-state index in [9.17, 15) is 27.6 Å². The summed E-state index contributed by atoms with van der Waals surface area (Å²) in [7, 11) is 0. The van der Waals surface area contributed by atoms with E-state index in [-0.39, 0.29) is 18.3 Å². The molecule has 36 heavy (non-hydrogen) atoms. The average molecular weight is 510 g/mol. The average Bonchev–Trinajstić information content (AvgIpc) is 2.72. The van der Waals surface area contributed by atoms with E-state index in [1.807, 2.05) is 0 Å². The molecule has 0 radical (unpaired) electrons. The van der Waals surface area contributed by atoms with Crippen molar-refractivity contribution < 1.29 is 37.0 Å². The molecule has 0 heterocycles. The highest BCUT2D eigenvalue weighted by molar-refractivity contribution is 5.95. The Morgan fingerprint density at radius 1 is 0.861 bits per heavy atom. The molecule has 0 aromatic heterocycles. The van der Waals surface area contributed by atoms with Gasteiger partial charge in [-0.25, -0.2) is 4.79 Å². The van der Waals surface area contributed by atoms with Gasteiger partial charge in [0.15, 0.2) is 0 Å². The lowest BCUT2D eigenvalue weighted by Crippen LogP contribution is -2.47. The topological polar surface area (TPSA) is 97.0 Å². The summed E-state index contributed by atoms with van der Waals surface area (Å²) < 4.78 is 48.9. The predicted octanol–water partition coefficient (Wildman–Crippen LogP) is 5.20. The molecule has 2 aromatic rings. The monoisotopic (exact) mass is 509 g/mol. The summed E-state index contributed by atoms with van der Waals surface area (Å²) in [6.45, 7) is 7.77. The van der Waals surface area contributed by atoms with Crippen LogP contribution in [-0.2, 0) is 20.5 Å². The fraction of sp³-hybridized carbons (Fsp3) is 0.400. The first-order valence-corrected chi connectivity index (χ1v) is 11.1. The van der Waals surface area contributed by atoms with Gasteiger partial charge in [-0.2, -0.15) is 13.2 Å². The van der Waals surface area contributed by atoms with Gasteiger partial charge < -0.3 is 20.1 Å². The number of nitrogens with zero attached hydrogens (tertiary/aromatic N) is 1. The van der Waals surface area contributed by atoms with Crippen molar-refractivity contribution in [3.8, 4) is 11.5 Å². The Bertz CT molecular complexity index is 1050. The molecule has 8 nitrogen and oxygen atoms in total. The van der Waals surface area contributed by atoms with E-state index in [1.54, 1.807) is 34.6 Å². The molecule has 0 aliphatic rings. The second kappa shape index (κ2) is 11.8. The Morgan fingerprint density at radius 3 is 1.83 bits per heavy atom. The fourth-order valence-corrected chi connectivity index (χ4v) is 2.88. The van der Waals surface area contributed by atoms with Crippen LogP contribution in [0.1, 0.15) is 40.2 Å². The van der Waals surface area contributed by atoms with Crippen molar-refractivity contribution in [3.63, 3.8) is 0 Å². The summed E-state index contributed by atoms with van der Waals surface area (Å²) in [5.74, 6) is -0.441. The van der Waals surface area contributed by atoms with E-state index in [0.717, 1.165) is 17.0 Å². The van der Waals surface area contributed by atoms with Gasteiger partial charge in [0.1, 0.15) is 30.2 Å². The summed E-state index contributed by atoms with van der Waals surface area (Å²) in [6, 6.07) is 10.2. The van der Waals surface area contributed by atoms with Crippen molar-refractivity contribution in [2.75, 3.05) is 18.4 Å². The Labute approximate surface area is 207 Å². The third-order valence-corrected chi connectivity index (χ3v) is 4.33. The summed E-state index contributed by atoms with van der Waals surface area (Å²) in [4.78, 5) is 38.3. The van der Waals surface area contributed by atoms with Crippen molar-refractivity contribution in [2.24, 2.45) is 0 Å². The van der Waals surface area contributed by atoms with Crippen molar-refractivity contribution in [1.29, 1.82) is 0 Å². The first kappa shape index (κ1) is 28.5. The van der Waals surface area contributed by atoms with Crippen LogP contribution in [0.15, 0.2) is 48.5 Å². The number of carbonyl (C=O) groups is 3. The van der Waals surface area contributed by atoms with Gasteiger partial charge in [-0.15, -0.1) is 0 Å². The van der Waals surface area contributed by atoms with Gasteiger partial charge >= 0.3 is 12.3 Å². The Kier molecular flexibility index (Phi) is 9.32. The number of hydrogen-bond acceptors (Lipinski definition) is 5. The Morgan fingerprint density at radius 2 is 1.36 bits per heavy atom. The van der Waals surface area contributed by atoms with E-state index in [2.05, 4.69) is 10.6 Å². The van der Waals surface area contributed by atoms with Gasteiger partial charge in [0, 0.05) is 11.7 Å². The normalized spacial score (nSPS) is 11.6. The van der Waals surface area contributed by atoms with Crippen LogP contribution in [-0.4, -0.2) is 47.5 Å². The fourth-order valence-electron chi connectivity index (χ4n) is 2.88. The molecule has 2 aromatic carbocycles. The van der Waals surface area contributed by atoms with E-state index in [1.165, 1.54) is 36.4 Å². The van der Waals surface area contributed by atoms with E-state index < -0.39 is 41.8 Å². The van der Waals surface area contributed by atoms with Crippen LogP contribution in [0.2, 0.25) is 0 Å². The highest BCUT2D eigenvalue weighted by Gasteiger charge is 2.30. The van der Waals surface area contributed by atoms with E-state index in [4.69, 9.17) is 9.47 Å². The molecule has 0 aliphatic heterocycles. The molecule has 11 heteroatoms. The molecule has 3 amide bonds. The molecule has 0 atom stereocenters. The van der Waals surface area contributed by atoms with Crippen molar-refractivity contribution in [1.82, 2.24) is 10.2 Å². The number of nitrogens with one attached hydrogen (secondary N) is 2. The quantitative estimate of drug-likeness (QED) is 0.510. The maximum Gasteiger partial charge on any atom is 0.416 e. The molecule has 0 fully saturated rings. The molecule has 0 saturated heterocycles. The Balaban J connectivity index is 2.00. The number of anilines is 1. The SMILES string of the molecule is CC(C)NC(=O)CN(CC(=O)Nc1ccc(Oc2ccc(C(F)(F)F)cc2)cc1)C(=O)OC(C)(C)C. The van der Waals surface area contributed by atoms with E-state index >= 15 is 0 Å². The minimum atomic E-state index is -4.43. The highest BCUT2D eigenvalue weighted by atomic mass is 19.4. The first-order valence-electron chi connectivity index (χ1n) is 11.1. The summed E-state index contributed by atoms with van der Waals surface area (Å²) in [6.07, 6.45) is -5.24. The second-order valence-electron chi connectivity index (χ2n) is 9.26. The van der Waals surface area contributed by atoms with Crippen molar-refractivity contribution in [3.05, 3.63) is 54.1 Å². The molecule has 0 saturated carbocycles. The van der Waals surface area contributed by atoms with Gasteiger partial charge in [-0.05, 0) is 83.1 Å². The van der Waals surface area contributed by atoms with Crippen LogP contribution >= 0.6 is 0 Å². The molecule has 2 N–H and O–H groups in total. The number of alkyl halides is 3. The standard InChI is InChI=1S/C25H30F3N3O5/c1-16(2)29-21(32)14-31(23(34)36-24(3,4)5)15-22(33)30-18-8-12-20(13-9-18)35-19-10-6-17(7-11-19)25(26,27)28/h6-13,16H,14-15H2,1-5H3,(H,29,32)(H,30,33). The molecular weight excluding hydrogens is 479 g/mol. The number of benzene rings is 2.